The summed E-state index contributed by atoms with van der Waals surface area (Å²) >= 11 is 6.00. The fourth-order valence-electron chi connectivity index (χ4n) is 2.71. The number of nitrogens with one attached hydrogen (secondary N) is 2. The number of aromatic amines is 1. The van der Waals surface area contributed by atoms with Crippen LogP contribution in [0, 0.1) is 0 Å². The van der Waals surface area contributed by atoms with Crippen LogP contribution in [0.4, 0.5) is 0 Å². The number of rotatable bonds is 5. The van der Waals surface area contributed by atoms with E-state index in [1.165, 1.54) is 6.21 Å². The Labute approximate surface area is 149 Å². The van der Waals surface area contributed by atoms with E-state index in [0.717, 1.165) is 11.8 Å². The average Bonchev–Trinajstić information content (AvgIpc) is 3.23. The van der Waals surface area contributed by atoms with Crippen molar-refractivity contribution < 1.29 is 19.1 Å². The number of hydrogen-bond acceptors (Lipinski definition) is 5. The number of halogens is 1. The lowest BCUT2D eigenvalue weighted by Gasteiger charge is -2.06. The first-order chi connectivity index (χ1) is 12.1. The predicted octanol–water partition coefficient (Wildman–Crippen LogP) is 2.63. The van der Waals surface area contributed by atoms with Gasteiger partial charge < -0.3 is 14.5 Å². The second kappa shape index (κ2) is 7.67. The van der Waals surface area contributed by atoms with Crippen molar-refractivity contribution >= 4 is 40.6 Å². The quantitative estimate of drug-likeness (QED) is 0.485. The van der Waals surface area contributed by atoms with E-state index >= 15 is 0 Å². The van der Waals surface area contributed by atoms with Gasteiger partial charge in [0, 0.05) is 28.1 Å². The summed E-state index contributed by atoms with van der Waals surface area (Å²) in [7, 11) is 0. The van der Waals surface area contributed by atoms with Crippen LogP contribution in [-0.2, 0) is 14.3 Å². The van der Waals surface area contributed by atoms with E-state index < -0.39 is 12.1 Å². The summed E-state index contributed by atoms with van der Waals surface area (Å²) < 4.78 is 10.4. The number of benzene rings is 1. The Bertz CT molecular complexity index is 825. The number of nitrogens with zero attached hydrogens (tertiary/aromatic N) is 1. The van der Waals surface area contributed by atoms with E-state index in [0.29, 0.717) is 29.1 Å². The Morgan fingerprint density at radius 3 is 3.08 bits per heavy atom. The molecule has 1 aliphatic rings. The molecule has 1 atom stereocenters. The summed E-state index contributed by atoms with van der Waals surface area (Å²) in [6, 6.07) is 5.21. The van der Waals surface area contributed by atoms with Gasteiger partial charge in [-0.3, -0.25) is 4.79 Å². The van der Waals surface area contributed by atoms with Gasteiger partial charge in [0.05, 0.1) is 12.8 Å². The maximum absolute atomic E-state index is 12.2. The normalized spacial score (nSPS) is 17.3. The van der Waals surface area contributed by atoms with Gasteiger partial charge in [-0.05, 0) is 31.9 Å². The lowest BCUT2D eigenvalue weighted by atomic mass is 10.1. The summed E-state index contributed by atoms with van der Waals surface area (Å²) in [5.74, 6) is -0.795. The molecule has 8 heteroatoms. The van der Waals surface area contributed by atoms with Gasteiger partial charge in [0.15, 0.2) is 0 Å². The predicted molar refractivity (Wildman–Crippen MR) is 94.0 cm³/mol. The smallest absolute Gasteiger partial charge is 0.355 e. The molecule has 2 aromatic rings. The first-order valence-electron chi connectivity index (χ1n) is 8.03. The highest BCUT2D eigenvalue weighted by Crippen LogP contribution is 2.25. The van der Waals surface area contributed by atoms with Crippen LogP contribution in [0.25, 0.3) is 10.9 Å². The first kappa shape index (κ1) is 17.4. The standard InChI is InChI=1S/C17H18ClN3O4/c1-2-24-17(23)15-12(11-6-5-10(18)8-13(11)20-15)9-19-21-16(22)14-4-3-7-25-14/h5-6,8-9,14,20H,2-4,7H2,1H3,(H,21,22)/b19-9+. The molecule has 1 amide bonds. The van der Waals surface area contributed by atoms with Crippen LogP contribution in [0.5, 0.6) is 0 Å². The molecule has 1 unspecified atom stereocenters. The number of amides is 1. The molecule has 25 heavy (non-hydrogen) atoms. The molecule has 7 nitrogen and oxygen atoms in total. The summed E-state index contributed by atoms with van der Waals surface area (Å²) in [6.45, 7) is 2.56. The van der Waals surface area contributed by atoms with Crippen LogP contribution in [0.3, 0.4) is 0 Å². The van der Waals surface area contributed by atoms with Crippen LogP contribution in [-0.4, -0.2) is 42.4 Å². The Balaban J connectivity index is 1.87. The third-order valence-corrected chi connectivity index (χ3v) is 4.11. The number of esters is 1. The maximum Gasteiger partial charge on any atom is 0.355 e. The molecule has 1 aromatic carbocycles. The zero-order valence-electron chi connectivity index (χ0n) is 13.7. The molecule has 0 aliphatic carbocycles. The van der Waals surface area contributed by atoms with Gasteiger partial charge in [-0.25, -0.2) is 10.2 Å². The number of aromatic nitrogens is 1. The lowest BCUT2D eigenvalue weighted by Crippen LogP contribution is -2.30. The molecule has 0 radical (unpaired) electrons. The van der Waals surface area contributed by atoms with Crippen molar-refractivity contribution in [2.45, 2.75) is 25.9 Å². The van der Waals surface area contributed by atoms with Crippen molar-refractivity contribution in [3.63, 3.8) is 0 Å². The topological polar surface area (TPSA) is 92.8 Å². The second-order valence-electron chi connectivity index (χ2n) is 5.56. The number of fused-ring (bicyclic) bond motifs is 1. The molecule has 1 aromatic heterocycles. The van der Waals surface area contributed by atoms with Gasteiger partial charge >= 0.3 is 5.97 Å². The number of ether oxygens (including phenoxy) is 2. The Kier molecular flexibility index (Phi) is 5.35. The highest BCUT2D eigenvalue weighted by atomic mass is 35.5. The fraction of sp³-hybridized carbons (Fsp3) is 0.353. The van der Waals surface area contributed by atoms with Crippen LogP contribution in [0.15, 0.2) is 23.3 Å². The van der Waals surface area contributed by atoms with Gasteiger partial charge in [0.1, 0.15) is 11.8 Å². The number of hydrazone groups is 1. The van der Waals surface area contributed by atoms with Crippen molar-refractivity contribution in [1.82, 2.24) is 10.4 Å². The van der Waals surface area contributed by atoms with Gasteiger partial charge in [-0.1, -0.05) is 17.7 Å². The number of carbonyl (C=O) groups excluding carboxylic acids is 2. The van der Waals surface area contributed by atoms with E-state index in [-0.39, 0.29) is 18.2 Å². The second-order valence-corrected chi connectivity index (χ2v) is 6.00. The summed E-state index contributed by atoms with van der Waals surface area (Å²) in [4.78, 5) is 27.1. The molecule has 2 heterocycles. The summed E-state index contributed by atoms with van der Waals surface area (Å²) in [5, 5.41) is 5.26. The van der Waals surface area contributed by atoms with Crippen LogP contribution in [0.1, 0.15) is 35.8 Å². The van der Waals surface area contributed by atoms with Crippen molar-refractivity contribution in [3.8, 4) is 0 Å². The molecule has 0 spiro atoms. The Hall–Kier alpha value is -2.38. The van der Waals surface area contributed by atoms with E-state index in [1.807, 2.05) is 0 Å². The van der Waals surface area contributed by atoms with Crippen molar-refractivity contribution in [2.75, 3.05) is 13.2 Å². The van der Waals surface area contributed by atoms with Crippen molar-refractivity contribution in [1.29, 1.82) is 0 Å². The fourth-order valence-corrected chi connectivity index (χ4v) is 2.88. The minimum atomic E-state index is -0.498. The van der Waals surface area contributed by atoms with Gasteiger partial charge in [-0.2, -0.15) is 5.10 Å². The SMILES string of the molecule is CCOC(=O)c1[nH]c2cc(Cl)ccc2c1/C=N/NC(=O)C1CCCO1. The third-order valence-electron chi connectivity index (χ3n) is 3.87. The minimum absolute atomic E-state index is 0.251. The van der Waals surface area contributed by atoms with Crippen molar-refractivity contribution in [2.24, 2.45) is 5.10 Å². The van der Waals surface area contributed by atoms with Gasteiger partial charge in [0.25, 0.3) is 5.91 Å². The van der Waals surface area contributed by atoms with E-state index in [4.69, 9.17) is 21.1 Å². The maximum atomic E-state index is 12.2. The van der Waals surface area contributed by atoms with E-state index in [9.17, 15) is 9.59 Å². The monoisotopic (exact) mass is 363 g/mol. The molecule has 0 bridgehead atoms. The number of H-pyrrole nitrogens is 1. The van der Waals surface area contributed by atoms with Crippen LogP contribution >= 0.6 is 11.6 Å². The molecule has 1 aliphatic heterocycles. The van der Waals surface area contributed by atoms with Gasteiger partial charge in [-0.15, -0.1) is 0 Å². The number of carbonyl (C=O) groups is 2. The zero-order valence-corrected chi connectivity index (χ0v) is 14.4. The van der Waals surface area contributed by atoms with Crippen LogP contribution < -0.4 is 5.43 Å². The minimum Gasteiger partial charge on any atom is -0.461 e. The van der Waals surface area contributed by atoms with Crippen molar-refractivity contribution in [3.05, 3.63) is 34.5 Å². The molecule has 132 valence electrons. The largest absolute Gasteiger partial charge is 0.461 e. The molecular weight excluding hydrogens is 346 g/mol. The lowest BCUT2D eigenvalue weighted by molar-refractivity contribution is -0.130. The Morgan fingerprint density at radius 1 is 1.52 bits per heavy atom. The molecule has 1 saturated heterocycles. The molecule has 1 fully saturated rings. The third kappa shape index (κ3) is 3.83. The van der Waals surface area contributed by atoms with E-state index in [1.54, 1.807) is 25.1 Å². The Morgan fingerprint density at radius 2 is 2.36 bits per heavy atom. The summed E-state index contributed by atoms with van der Waals surface area (Å²) in [6.07, 6.45) is 2.49. The number of hydrogen-bond donors (Lipinski definition) is 2. The molecule has 3 rings (SSSR count). The summed E-state index contributed by atoms with van der Waals surface area (Å²) in [5.41, 5.74) is 3.92. The molecular formula is C17H18ClN3O4. The highest BCUT2D eigenvalue weighted by molar-refractivity contribution is 6.31. The molecule has 0 saturated carbocycles. The highest BCUT2D eigenvalue weighted by Gasteiger charge is 2.23. The average molecular weight is 364 g/mol. The molecule has 2 N–H and O–H groups in total. The van der Waals surface area contributed by atoms with Gasteiger partial charge in [0.2, 0.25) is 0 Å². The van der Waals surface area contributed by atoms with E-state index in [2.05, 4.69) is 15.5 Å². The first-order valence-corrected chi connectivity index (χ1v) is 8.40. The van der Waals surface area contributed by atoms with Crippen LogP contribution in [0.2, 0.25) is 5.02 Å². The zero-order chi connectivity index (χ0) is 17.8.